The molecule has 4 nitrogen and oxygen atoms in total. The minimum Gasteiger partial charge on any atom is -0.489 e. The van der Waals surface area contributed by atoms with Crippen LogP contribution in [0.25, 0.3) is 22.2 Å². The van der Waals surface area contributed by atoms with Gasteiger partial charge in [0.2, 0.25) is 0 Å². The molecule has 0 unspecified atom stereocenters. The van der Waals surface area contributed by atoms with Crippen LogP contribution in [-0.4, -0.2) is 19.1 Å². The fraction of sp³-hybridized carbons (Fsp3) is 0.125. The second-order valence-corrected chi connectivity index (χ2v) is 6.97. The second kappa shape index (κ2) is 7.61. The number of rotatable bonds is 5. The van der Waals surface area contributed by atoms with Crippen molar-refractivity contribution in [3.8, 4) is 17.0 Å². The lowest BCUT2D eigenvalue weighted by Crippen LogP contribution is -2.10. The van der Waals surface area contributed by atoms with Gasteiger partial charge in [0.1, 0.15) is 12.4 Å². The molecule has 0 saturated heterocycles. The Morgan fingerprint density at radius 1 is 0.893 bits per heavy atom. The fourth-order valence-corrected chi connectivity index (χ4v) is 3.14. The van der Waals surface area contributed by atoms with E-state index in [4.69, 9.17) is 4.74 Å². The van der Waals surface area contributed by atoms with Gasteiger partial charge in [0, 0.05) is 42.4 Å². The molecular weight excluding hydrogens is 348 g/mol. The van der Waals surface area contributed by atoms with E-state index in [1.807, 2.05) is 91.8 Å². The summed E-state index contributed by atoms with van der Waals surface area (Å²) in [5.74, 6) is 0.798. The van der Waals surface area contributed by atoms with Crippen molar-refractivity contribution in [2.24, 2.45) is 0 Å². The number of H-pyrrole nitrogens is 1. The Morgan fingerprint density at radius 2 is 1.64 bits per heavy atom. The minimum absolute atomic E-state index is 0.0110. The van der Waals surface area contributed by atoms with Gasteiger partial charge in [-0.2, -0.15) is 0 Å². The molecule has 0 aliphatic heterocycles. The zero-order valence-electron chi connectivity index (χ0n) is 16.0. The molecule has 1 aromatic heterocycles. The van der Waals surface area contributed by atoms with E-state index in [-0.39, 0.29) is 5.43 Å². The molecule has 4 heteroatoms. The van der Waals surface area contributed by atoms with E-state index in [1.165, 1.54) is 0 Å². The lowest BCUT2D eigenvalue weighted by Gasteiger charge is -2.13. The van der Waals surface area contributed by atoms with E-state index < -0.39 is 0 Å². The summed E-state index contributed by atoms with van der Waals surface area (Å²) in [5.41, 5.74) is 4.72. The summed E-state index contributed by atoms with van der Waals surface area (Å²) in [6.07, 6.45) is 0. The number of nitrogens with zero attached hydrogens (tertiary/aromatic N) is 1. The molecule has 28 heavy (non-hydrogen) atoms. The molecule has 140 valence electrons. The van der Waals surface area contributed by atoms with E-state index in [9.17, 15) is 4.79 Å². The highest BCUT2D eigenvalue weighted by Crippen LogP contribution is 2.24. The Balaban J connectivity index is 1.57. The molecule has 4 aromatic rings. The van der Waals surface area contributed by atoms with Gasteiger partial charge in [-0.05, 0) is 53.6 Å². The standard InChI is InChI=1S/C24H22N2O2/c1-26(2)19-10-13-22-21(14-19)24(27)15-23(25-22)18-8-11-20(12-9-18)28-16-17-6-4-3-5-7-17/h3-15H,16H2,1-2H3,(H,25,27). The molecule has 0 aliphatic rings. The van der Waals surface area contributed by atoms with Crippen molar-refractivity contribution >= 4 is 16.6 Å². The van der Waals surface area contributed by atoms with E-state index in [0.29, 0.717) is 12.0 Å². The highest BCUT2D eigenvalue weighted by Gasteiger charge is 2.07. The molecule has 0 aliphatic carbocycles. The molecule has 1 N–H and O–H groups in total. The van der Waals surface area contributed by atoms with Gasteiger partial charge >= 0.3 is 0 Å². The van der Waals surface area contributed by atoms with E-state index in [0.717, 1.165) is 33.8 Å². The Morgan fingerprint density at radius 3 is 2.36 bits per heavy atom. The Bertz CT molecular complexity index is 1150. The summed E-state index contributed by atoms with van der Waals surface area (Å²) in [5, 5.41) is 0.692. The maximum absolute atomic E-state index is 12.6. The van der Waals surface area contributed by atoms with E-state index in [1.54, 1.807) is 6.07 Å². The normalized spacial score (nSPS) is 10.8. The van der Waals surface area contributed by atoms with E-state index in [2.05, 4.69) is 4.98 Å². The summed E-state index contributed by atoms with van der Waals surface area (Å²) < 4.78 is 5.84. The molecular formula is C24H22N2O2. The topological polar surface area (TPSA) is 45.3 Å². The molecule has 0 spiro atoms. The number of pyridine rings is 1. The molecule has 4 rings (SSSR count). The minimum atomic E-state index is 0.0110. The van der Waals surface area contributed by atoms with Crippen molar-refractivity contribution in [2.45, 2.75) is 6.61 Å². The van der Waals surface area contributed by atoms with Crippen LogP contribution >= 0.6 is 0 Å². The van der Waals surface area contributed by atoms with Crippen molar-refractivity contribution < 1.29 is 4.74 Å². The van der Waals surface area contributed by atoms with Gasteiger partial charge in [0.25, 0.3) is 0 Å². The van der Waals surface area contributed by atoms with Gasteiger partial charge in [-0.3, -0.25) is 4.79 Å². The monoisotopic (exact) mass is 370 g/mol. The smallest absolute Gasteiger partial charge is 0.190 e. The third-order valence-corrected chi connectivity index (χ3v) is 4.74. The number of fused-ring (bicyclic) bond motifs is 1. The molecule has 0 bridgehead atoms. The first-order chi connectivity index (χ1) is 13.6. The van der Waals surface area contributed by atoms with Crippen LogP contribution in [0, 0.1) is 0 Å². The van der Waals surface area contributed by atoms with Crippen LogP contribution in [0.3, 0.4) is 0 Å². The first-order valence-corrected chi connectivity index (χ1v) is 9.22. The summed E-state index contributed by atoms with van der Waals surface area (Å²) in [6, 6.07) is 25.4. The SMILES string of the molecule is CN(C)c1ccc2[nH]c(-c3ccc(OCc4ccccc4)cc3)cc(=O)c2c1. The molecule has 0 atom stereocenters. The maximum Gasteiger partial charge on any atom is 0.190 e. The average molecular weight is 370 g/mol. The Labute approximate surface area is 164 Å². The van der Waals surface area contributed by atoms with Crippen molar-refractivity contribution in [2.75, 3.05) is 19.0 Å². The number of hydrogen-bond donors (Lipinski definition) is 1. The number of hydrogen-bond acceptors (Lipinski definition) is 3. The Kier molecular flexibility index (Phi) is 4.85. The van der Waals surface area contributed by atoms with Crippen LogP contribution < -0.4 is 15.1 Å². The summed E-state index contributed by atoms with van der Waals surface area (Å²) in [7, 11) is 3.93. The molecule has 1 heterocycles. The number of aromatic amines is 1. The Hall–Kier alpha value is -3.53. The zero-order chi connectivity index (χ0) is 19.5. The molecule has 0 radical (unpaired) electrons. The number of aromatic nitrogens is 1. The zero-order valence-corrected chi connectivity index (χ0v) is 16.0. The fourth-order valence-electron chi connectivity index (χ4n) is 3.14. The van der Waals surface area contributed by atoms with Crippen molar-refractivity contribution in [1.29, 1.82) is 0 Å². The lowest BCUT2D eigenvalue weighted by atomic mass is 10.1. The van der Waals surface area contributed by atoms with Crippen LogP contribution in [0.2, 0.25) is 0 Å². The van der Waals surface area contributed by atoms with Crippen LogP contribution in [0.4, 0.5) is 5.69 Å². The average Bonchev–Trinajstić information content (AvgIpc) is 2.73. The van der Waals surface area contributed by atoms with Gasteiger partial charge in [-0.15, -0.1) is 0 Å². The summed E-state index contributed by atoms with van der Waals surface area (Å²) in [6.45, 7) is 0.529. The highest BCUT2D eigenvalue weighted by molar-refractivity contribution is 5.84. The molecule has 0 saturated carbocycles. The first kappa shape index (κ1) is 17.9. The van der Waals surface area contributed by atoms with Crippen LogP contribution in [0.15, 0.2) is 83.7 Å². The quantitative estimate of drug-likeness (QED) is 0.547. The first-order valence-electron chi connectivity index (χ1n) is 9.22. The lowest BCUT2D eigenvalue weighted by molar-refractivity contribution is 0.306. The third-order valence-electron chi connectivity index (χ3n) is 4.74. The van der Waals surface area contributed by atoms with Crippen molar-refractivity contribution in [3.05, 3.63) is 94.6 Å². The number of benzene rings is 3. The summed E-state index contributed by atoms with van der Waals surface area (Å²) >= 11 is 0. The molecule has 0 amide bonds. The number of anilines is 1. The van der Waals surface area contributed by atoms with Gasteiger partial charge in [0.05, 0.1) is 0 Å². The van der Waals surface area contributed by atoms with Gasteiger partial charge in [-0.25, -0.2) is 0 Å². The van der Waals surface area contributed by atoms with Crippen molar-refractivity contribution in [3.63, 3.8) is 0 Å². The predicted octanol–water partition coefficient (Wildman–Crippen LogP) is 4.84. The van der Waals surface area contributed by atoms with Gasteiger partial charge in [-0.1, -0.05) is 30.3 Å². The van der Waals surface area contributed by atoms with E-state index >= 15 is 0 Å². The van der Waals surface area contributed by atoms with Crippen LogP contribution in [0.5, 0.6) is 5.75 Å². The number of ether oxygens (including phenoxy) is 1. The number of nitrogens with one attached hydrogen (secondary N) is 1. The second-order valence-electron chi connectivity index (χ2n) is 6.97. The van der Waals surface area contributed by atoms with Crippen molar-refractivity contribution in [1.82, 2.24) is 4.98 Å². The predicted molar refractivity (Wildman–Crippen MR) is 115 cm³/mol. The molecule has 0 fully saturated rings. The summed E-state index contributed by atoms with van der Waals surface area (Å²) in [4.78, 5) is 18.0. The van der Waals surface area contributed by atoms with Crippen LogP contribution in [-0.2, 0) is 6.61 Å². The van der Waals surface area contributed by atoms with Crippen LogP contribution in [0.1, 0.15) is 5.56 Å². The maximum atomic E-state index is 12.6. The third kappa shape index (κ3) is 3.76. The highest BCUT2D eigenvalue weighted by atomic mass is 16.5. The van der Waals surface area contributed by atoms with Gasteiger partial charge < -0.3 is 14.6 Å². The largest absolute Gasteiger partial charge is 0.489 e. The van der Waals surface area contributed by atoms with Gasteiger partial charge in [0.15, 0.2) is 5.43 Å². The molecule has 3 aromatic carbocycles.